The first-order chi connectivity index (χ1) is 15.1. The second kappa shape index (κ2) is 9.42. The molecule has 160 valence electrons. The maximum absolute atomic E-state index is 11.5. The van der Waals surface area contributed by atoms with Crippen molar-refractivity contribution < 1.29 is 23.5 Å². The number of amides is 2. The number of aryl methyl sites for hydroxylation is 2. The molecule has 1 saturated heterocycles. The quantitative estimate of drug-likeness (QED) is 0.563. The van der Waals surface area contributed by atoms with E-state index in [-0.39, 0.29) is 5.91 Å². The van der Waals surface area contributed by atoms with Gasteiger partial charge in [-0.1, -0.05) is 24.3 Å². The first kappa shape index (κ1) is 20.6. The van der Waals surface area contributed by atoms with Crippen LogP contribution >= 0.6 is 0 Å². The molecule has 1 fully saturated rings. The number of cyclic esters (lactones) is 1. The molecular formula is C23H23N3O5. The van der Waals surface area contributed by atoms with Crippen molar-refractivity contribution in [2.24, 2.45) is 0 Å². The van der Waals surface area contributed by atoms with E-state index in [1.807, 2.05) is 49.4 Å². The maximum atomic E-state index is 11.5. The van der Waals surface area contributed by atoms with Crippen LogP contribution in [0.3, 0.4) is 0 Å². The van der Waals surface area contributed by atoms with Gasteiger partial charge in [0.05, 0.1) is 12.3 Å². The van der Waals surface area contributed by atoms with Gasteiger partial charge in [-0.15, -0.1) is 0 Å². The Kier molecular flexibility index (Phi) is 6.26. The fourth-order valence-corrected chi connectivity index (χ4v) is 3.34. The van der Waals surface area contributed by atoms with E-state index >= 15 is 0 Å². The normalized spacial score (nSPS) is 15.6. The van der Waals surface area contributed by atoms with Crippen LogP contribution in [0.15, 0.2) is 53.1 Å². The van der Waals surface area contributed by atoms with Gasteiger partial charge in [-0.05, 0) is 43.9 Å². The summed E-state index contributed by atoms with van der Waals surface area (Å²) in [6.45, 7) is 2.34. The molecular weight excluding hydrogens is 398 g/mol. The molecule has 1 aliphatic heterocycles. The third kappa shape index (κ3) is 5.28. The van der Waals surface area contributed by atoms with Gasteiger partial charge in [-0.2, -0.15) is 0 Å². The number of hydrogen-bond donors (Lipinski definition) is 1. The molecule has 0 aliphatic carbocycles. The van der Waals surface area contributed by atoms with E-state index in [0.29, 0.717) is 37.6 Å². The predicted octanol–water partition coefficient (Wildman–Crippen LogP) is 3.62. The number of aromatic nitrogens is 2. The molecule has 1 aliphatic rings. The summed E-state index contributed by atoms with van der Waals surface area (Å²) < 4.78 is 16.4. The summed E-state index contributed by atoms with van der Waals surface area (Å²) in [5, 5.41) is 2.13. The smallest absolute Gasteiger partial charge is 0.414 e. The van der Waals surface area contributed by atoms with Gasteiger partial charge in [0.1, 0.15) is 5.76 Å². The third-order valence-corrected chi connectivity index (χ3v) is 5.00. The highest BCUT2D eigenvalue weighted by atomic mass is 16.6. The SMILES string of the molecule is Cc1oc(-c2ccccc2)nc1CCOc1ccc(CCCC2OC(=O)NC2=O)cn1. The van der Waals surface area contributed by atoms with Gasteiger partial charge in [0.2, 0.25) is 11.8 Å². The predicted molar refractivity (Wildman–Crippen MR) is 111 cm³/mol. The van der Waals surface area contributed by atoms with E-state index in [2.05, 4.69) is 15.3 Å². The van der Waals surface area contributed by atoms with Crippen LogP contribution in [0.5, 0.6) is 5.88 Å². The lowest BCUT2D eigenvalue weighted by Gasteiger charge is -2.07. The minimum absolute atomic E-state index is 0.370. The lowest BCUT2D eigenvalue weighted by molar-refractivity contribution is -0.123. The van der Waals surface area contributed by atoms with Crippen molar-refractivity contribution in [2.75, 3.05) is 6.61 Å². The Morgan fingerprint density at radius 3 is 2.65 bits per heavy atom. The molecule has 1 aromatic carbocycles. The molecule has 0 saturated carbocycles. The number of hydrogen-bond acceptors (Lipinski definition) is 7. The average Bonchev–Trinajstić information content (AvgIpc) is 3.31. The van der Waals surface area contributed by atoms with Crippen molar-refractivity contribution in [1.29, 1.82) is 0 Å². The van der Waals surface area contributed by atoms with Crippen LogP contribution in [0.2, 0.25) is 0 Å². The molecule has 3 heterocycles. The molecule has 0 spiro atoms. The number of carbonyl (C=O) groups excluding carboxylic acids is 2. The second-order valence-electron chi connectivity index (χ2n) is 7.27. The Morgan fingerprint density at radius 2 is 1.94 bits per heavy atom. The largest absolute Gasteiger partial charge is 0.477 e. The van der Waals surface area contributed by atoms with Crippen molar-refractivity contribution in [1.82, 2.24) is 15.3 Å². The van der Waals surface area contributed by atoms with Crippen molar-refractivity contribution in [3.63, 3.8) is 0 Å². The summed E-state index contributed by atoms with van der Waals surface area (Å²) in [5.41, 5.74) is 2.84. The van der Waals surface area contributed by atoms with E-state index < -0.39 is 12.2 Å². The summed E-state index contributed by atoms with van der Waals surface area (Å²) >= 11 is 0. The molecule has 2 aromatic heterocycles. The number of ether oxygens (including phenoxy) is 2. The zero-order valence-corrected chi connectivity index (χ0v) is 17.2. The standard InChI is InChI=1S/C23H23N3O5/c1-15-18(25-22(30-15)17-7-3-2-4-8-17)12-13-29-20-11-10-16(14-24-20)6-5-9-19-21(27)26-23(28)31-19/h2-4,7-8,10-11,14,19H,5-6,9,12-13H2,1H3,(H,26,27,28). The fourth-order valence-electron chi connectivity index (χ4n) is 3.34. The van der Waals surface area contributed by atoms with Gasteiger partial charge in [0.25, 0.3) is 5.91 Å². The summed E-state index contributed by atoms with van der Waals surface area (Å²) in [7, 11) is 0. The van der Waals surface area contributed by atoms with Gasteiger partial charge in [0.15, 0.2) is 6.10 Å². The lowest BCUT2D eigenvalue weighted by atomic mass is 10.1. The number of carbonyl (C=O) groups is 2. The van der Waals surface area contributed by atoms with E-state index in [9.17, 15) is 9.59 Å². The third-order valence-electron chi connectivity index (χ3n) is 5.00. The Hall–Kier alpha value is -3.68. The van der Waals surface area contributed by atoms with Crippen LogP contribution < -0.4 is 10.1 Å². The number of alkyl carbamates (subject to hydrolysis) is 1. The first-order valence-electron chi connectivity index (χ1n) is 10.2. The highest BCUT2D eigenvalue weighted by Crippen LogP contribution is 2.22. The number of imide groups is 1. The molecule has 2 amide bonds. The molecule has 8 heteroatoms. The Bertz CT molecular complexity index is 1050. The van der Waals surface area contributed by atoms with Crippen molar-refractivity contribution in [2.45, 2.75) is 38.7 Å². The van der Waals surface area contributed by atoms with E-state index in [4.69, 9.17) is 13.9 Å². The molecule has 31 heavy (non-hydrogen) atoms. The number of rotatable bonds is 9. The summed E-state index contributed by atoms with van der Waals surface area (Å²) in [6.07, 6.45) is 2.94. The minimum Gasteiger partial charge on any atom is -0.477 e. The molecule has 8 nitrogen and oxygen atoms in total. The van der Waals surface area contributed by atoms with Crippen LogP contribution in [-0.4, -0.2) is 34.7 Å². The van der Waals surface area contributed by atoms with Crippen molar-refractivity contribution in [3.05, 3.63) is 65.7 Å². The molecule has 1 atom stereocenters. The number of nitrogens with one attached hydrogen (secondary N) is 1. The molecule has 0 radical (unpaired) electrons. The number of nitrogens with zero attached hydrogens (tertiary/aromatic N) is 2. The molecule has 4 rings (SSSR count). The van der Waals surface area contributed by atoms with Crippen LogP contribution in [0, 0.1) is 6.92 Å². The van der Waals surface area contributed by atoms with Crippen LogP contribution in [0.4, 0.5) is 4.79 Å². The maximum Gasteiger partial charge on any atom is 0.414 e. The van der Waals surface area contributed by atoms with Gasteiger partial charge in [-0.3, -0.25) is 10.1 Å². The summed E-state index contributed by atoms with van der Waals surface area (Å²) in [4.78, 5) is 31.4. The average molecular weight is 421 g/mol. The number of benzene rings is 1. The van der Waals surface area contributed by atoms with E-state index in [1.54, 1.807) is 6.20 Å². The van der Waals surface area contributed by atoms with Crippen LogP contribution in [0.25, 0.3) is 11.5 Å². The first-order valence-corrected chi connectivity index (χ1v) is 10.2. The molecule has 1 N–H and O–H groups in total. The van der Waals surface area contributed by atoms with Crippen molar-refractivity contribution >= 4 is 12.0 Å². The topological polar surface area (TPSA) is 104 Å². The summed E-state index contributed by atoms with van der Waals surface area (Å²) in [5.74, 6) is 1.57. The van der Waals surface area contributed by atoms with E-state index in [0.717, 1.165) is 29.0 Å². The highest BCUT2D eigenvalue weighted by molar-refractivity contribution is 5.99. The Balaban J connectivity index is 1.22. The Labute approximate surface area is 179 Å². The van der Waals surface area contributed by atoms with Crippen LogP contribution in [0.1, 0.15) is 29.9 Å². The summed E-state index contributed by atoms with van der Waals surface area (Å²) in [6, 6.07) is 13.6. The van der Waals surface area contributed by atoms with Gasteiger partial charge >= 0.3 is 6.09 Å². The zero-order chi connectivity index (χ0) is 21.6. The number of pyridine rings is 1. The molecule has 1 unspecified atom stereocenters. The minimum atomic E-state index is -0.689. The van der Waals surface area contributed by atoms with E-state index in [1.165, 1.54) is 0 Å². The van der Waals surface area contributed by atoms with Gasteiger partial charge in [-0.25, -0.2) is 14.8 Å². The monoisotopic (exact) mass is 421 g/mol. The molecule has 0 bridgehead atoms. The lowest BCUT2D eigenvalue weighted by Crippen LogP contribution is -2.24. The van der Waals surface area contributed by atoms with Crippen molar-refractivity contribution in [3.8, 4) is 17.3 Å². The fraction of sp³-hybridized carbons (Fsp3) is 0.304. The highest BCUT2D eigenvalue weighted by Gasteiger charge is 2.31. The number of oxazole rings is 1. The van der Waals surface area contributed by atoms with Crippen LogP contribution in [-0.2, 0) is 22.4 Å². The second-order valence-corrected chi connectivity index (χ2v) is 7.27. The molecule has 3 aromatic rings. The zero-order valence-electron chi connectivity index (χ0n) is 17.2. The Morgan fingerprint density at radius 1 is 1.10 bits per heavy atom. The van der Waals surface area contributed by atoms with Gasteiger partial charge in [0, 0.05) is 24.2 Å². The van der Waals surface area contributed by atoms with Gasteiger partial charge < -0.3 is 13.9 Å².